The SMILES string of the molecule is CC(=O)NN/C(C)=C1\C(=O)N(c2cc(C)cc(C)c2)N=C1C. The normalized spacial score (nSPS) is 16.5. The number of carbonyl (C=O) groups excluding carboxylic acids is 2. The van der Waals surface area contributed by atoms with Crippen molar-refractivity contribution in [3.63, 3.8) is 0 Å². The van der Waals surface area contributed by atoms with Crippen LogP contribution in [0.2, 0.25) is 0 Å². The summed E-state index contributed by atoms with van der Waals surface area (Å²) in [6.45, 7) is 8.86. The summed E-state index contributed by atoms with van der Waals surface area (Å²) in [7, 11) is 0. The third-order valence-electron chi connectivity index (χ3n) is 3.27. The van der Waals surface area contributed by atoms with Crippen LogP contribution in [0.15, 0.2) is 34.6 Å². The van der Waals surface area contributed by atoms with Crippen LogP contribution in [0.3, 0.4) is 0 Å². The Morgan fingerprint density at radius 1 is 1.05 bits per heavy atom. The first-order chi connectivity index (χ1) is 10.3. The topological polar surface area (TPSA) is 73.8 Å². The minimum Gasteiger partial charge on any atom is -0.302 e. The highest BCUT2D eigenvalue weighted by Crippen LogP contribution is 2.26. The Morgan fingerprint density at radius 2 is 1.64 bits per heavy atom. The minimum atomic E-state index is -0.230. The zero-order valence-electron chi connectivity index (χ0n) is 13.4. The molecule has 1 aromatic carbocycles. The second-order valence-electron chi connectivity index (χ2n) is 5.45. The number of amides is 2. The number of nitrogens with zero attached hydrogens (tertiary/aromatic N) is 2. The van der Waals surface area contributed by atoms with E-state index in [0.29, 0.717) is 17.0 Å². The standard InChI is InChI=1S/C16H20N4O2/c1-9-6-10(2)8-14(7-9)20-16(22)15(12(4)19-20)11(3)17-18-13(5)21/h6-8,17H,1-5H3,(H,18,21)/b15-11-. The fourth-order valence-corrected chi connectivity index (χ4v) is 2.43. The van der Waals surface area contributed by atoms with Crippen molar-refractivity contribution >= 4 is 23.2 Å². The fourth-order valence-electron chi connectivity index (χ4n) is 2.43. The van der Waals surface area contributed by atoms with Crippen LogP contribution in [0.4, 0.5) is 5.69 Å². The molecule has 2 amide bonds. The van der Waals surface area contributed by atoms with E-state index in [0.717, 1.165) is 16.8 Å². The zero-order valence-corrected chi connectivity index (χ0v) is 13.4. The van der Waals surface area contributed by atoms with E-state index in [4.69, 9.17) is 0 Å². The van der Waals surface area contributed by atoms with Crippen molar-refractivity contribution in [1.29, 1.82) is 0 Å². The van der Waals surface area contributed by atoms with Gasteiger partial charge in [-0.25, -0.2) is 0 Å². The number of nitrogens with one attached hydrogen (secondary N) is 2. The molecular formula is C16H20N4O2. The van der Waals surface area contributed by atoms with Gasteiger partial charge in [0.15, 0.2) is 0 Å². The van der Waals surface area contributed by atoms with Crippen LogP contribution < -0.4 is 15.9 Å². The summed E-state index contributed by atoms with van der Waals surface area (Å²) in [6.07, 6.45) is 0. The lowest BCUT2D eigenvalue weighted by molar-refractivity contribution is -0.120. The monoisotopic (exact) mass is 300 g/mol. The zero-order chi connectivity index (χ0) is 16.4. The Balaban J connectivity index is 2.34. The van der Waals surface area contributed by atoms with E-state index in [1.54, 1.807) is 13.8 Å². The van der Waals surface area contributed by atoms with Gasteiger partial charge in [0.25, 0.3) is 5.91 Å². The first-order valence-electron chi connectivity index (χ1n) is 7.01. The quantitative estimate of drug-likeness (QED) is 0.662. The number of hydrogen-bond acceptors (Lipinski definition) is 4. The van der Waals surface area contributed by atoms with E-state index in [9.17, 15) is 9.59 Å². The molecule has 0 aromatic heterocycles. The predicted molar refractivity (Wildman–Crippen MR) is 86.2 cm³/mol. The van der Waals surface area contributed by atoms with Crippen molar-refractivity contribution in [2.45, 2.75) is 34.6 Å². The molecule has 0 unspecified atom stereocenters. The molecule has 0 atom stereocenters. The number of aryl methyl sites for hydroxylation is 2. The molecule has 0 bridgehead atoms. The molecule has 0 saturated heterocycles. The van der Waals surface area contributed by atoms with Crippen LogP contribution in [-0.2, 0) is 9.59 Å². The third-order valence-corrected chi connectivity index (χ3v) is 3.27. The second-order valence-corrected chi connectivity index (χ2v) is 5.45. The summed E-state index contributed by atoms with van der Waals surface area (Å²) >= 11 is 0. The molecule has 0 aliphatic carbocycles. The highest BCUT2D eigenvalue weighted by atomic mass is 16.2. The summed E-state index contributed by atoms with van der Waals surface area (Å²) in [6, 6.07) is 5.88. The molecule has 1 aliphatic rings. The maximum atomic E-state index is 12.6. The number of anilines is 1. The van der Waals surface area contributed by atoms with Crippen molar-refractivity contribution in [3.8, 4) is 0 Å². The van der Waals surface area contributed by atoms with Gasteiger partial charge < -0.3 is 5.43 Å². The molecule has 0 fully saturated rings. The maximum Gasteiger partial charge on any atom is 0.282 e. The van der Waals surface area contributed by atoms with Gasteiger partial charge >= 0.3 is 0 Å². The highest BCUT2D eigenvalue weighted by molar-refractivity contribution is 6.30. The summed E-state index contributed by atoms with van der Waals surface area (Å²) in [5.74, 6) is -0.441. The summed E-state index contributed by atoms with van der Waals surface area (Å²) in [4.78, 5) is 23.6. The Morgan fingerprint density at radius 3 is 2.18 bits per heavy atom. The Kier molecular flexibility index (Phi) is 4.30. The number of hydrogen-bond donors (Lipinski definition) is 2. The van der Waals surface area contributed by atoms with E-state index < -0.39 is 0 Å². The van der Waals surface area contributed by atoms with E-state index in [-0.39, 0.29) is 11.8 Å². The number of carbonyl (C=O) groups is 2. The van der Waals surface area contributed by atoms with E-state index in [2.05, 4.69) is 16.0 Å². The average molecular weight is 300 g/mol. The van der Waals surface area contributed by atoms with E-state index in [1.165, 1.54) is 11.9 Å². The number of hydrazine groups is 1. The van der Waals surface area contributed by atoms with Gasteiger partial charge in [0, 0.05) is 12.6 Å². The first-order valence-corrected chi connectivity index (χ1v) is 7.01. The molecule has 2 rings (SSSR count). The van der Waals surface area contributed by atoms with Gasteiger partial charge in [-0.05, 0) is 51.0 Å². The minimum absolute atomic E-state index is 0.210. The maximum absolute atomic E-state index is 12.6. The molecule has 0 radical (unpaired) electrons. The van der Waals surface area contributed by atoms with Crippen molar-refractivity contribution in [2.75, 3.05) is 5.01 Å². The molecule has 1 heterocycles. The van der Waals surface area contributed by atoms with Crippen molar-refractivity contribution in [1.82, 2.24) is 10.9 Å². The fraction of sp³-hybridized carbons (Fsp3) is 0.312. The molecule has 22 heavy (non-hydrogen) atoms. The second kappa shape index (κ2) is 6.01. The molecule has 6 heteroatoms. The number of allylic oxidation sites excluding steroid dienone is 1. The summed E-state index contributed by atoms with van der Waals surface area (Å²) < 4.78 is 0. The Hall–Kier alpha value is -2.63. The molecule has 1 aliphatic heterocycles. The Bertz CT molecular complexity index is 684. The summed E-state index contributed by atoms with van der Waals surface area (Å²) in [5, 5.41) is 5.73. The lowest BCUT2D eigenvalue weighted by Crippen LogP contribution is -2.36. The van der Waals surface area contributed by atoms with Crippen LogP contribution in [-0.4, -0.2) is 17.5 Å². The van der Waals surface area contributed by atoms with Gasteiger partial charge in [-0.3, -0.25) is 15.0 Å². The van der Waals surface area contributed by atoms with E-state index >= 15 is 0 Å². The molecule has 0 saturated carbocycles. The molecule has 2 N–H and O–H groups in total. The van der Waals surface area contributed by atoms with Gasteiger partial charge in [-0.1, -0.05) is 6.07 Å². The summed E-state index contributed by atoms with van der Waals surface area (Å²) in [5.41, 5.74) is 9.72. The molecule has 1 aromatic rings. The van der Waals surface area contributed by atoms with Gasteiger partial charge in [0.05, 0.1) is 17.0 Å². The smallest absolute Gasteiger partial charge is 0.282 e. The van der Waals surface area contributed by atoms with Gasteiger partial charge in [-0.15, -0.1) is 0 Å². The van der Waals surface area contributed by atoms with Crippen LogP contribution in [0.1, 0.15) is 31.9 Å². The number of hydrazone groups is 1. The lowest BCUT2D eigenvalue weighted by atomic mass is 10.1. The van der Waals surface area contributed by atoms with Gasteiger partial charge in [-0.2, -0.15) is 10.1 Å². The van der Waals surface area contributed by atoms with Crippen LogP contribution >= 0.6 is 0 Å². The number of rotatable bonds is 3. The third kappa shape index (κ3) is 3.16. The molecule has 116 valence electrons. The largest absolute Gasteiger partial charge is 0.302 e. The van der Waals surface area contributed by atoms with Gasteiger partial charge in [0.1, 0.15) is 0 Å². The molecular weight excluding hydrogens is 280 g/mol. The lowest BCUT2D eigenvalue weighted by Gasteiger charge is -2.14. The van der Waals surface area contributed by atoms with Gasteiger partial charge in [0.2, 0.25) is 5.91 Å². The van der Waals surface area contributed by atoms with Crippen molar-refractivity contribution in [2.24, 2.45) is 5.10 Å². The van der Waals surface area contributed by atoms with Crippen LogP contribution in [0, 0.1) is 13.8 Å². The first kappa shape index (κ1) is 15.8. The van der Waals surface area contributed by atoms with E-state index in [1.807, 2.05) is 32.0 Å². The van der Waals surface area contributed by atoms with Crippen molar-refractivity contribution < 1.29 is 9.59 Å². The molecule has 6 nitrogen and oxygen atoms in total. The van der Waals surface area contributed by atoms with Crippen molar-refractivity contribution in [3.05, 3.63) is 40.6 Å². The highest BCUT2D eigenvalue weighted by Gasteiger charge is 2.30. The predicted octanol–water partition coefficient (Wildman–Crippen LogP) is 1.94. The molecule has 0 spiro atoms. The van der Waals surface area contributed by atoms with Crippen LogP contribution in [0.5, 0.6) is 0 Å². The Labute approximate surface area is 129 Å². The van der Waals surface area contributed by atoms with Crippen LogP contribution in [0.25, 0.3) is 0 Å². The number of benzene rings is 1. The average Bonchev–Trinajstić information content (AvgIpc) is 2.70.